The quantitative estimate of drug-likeness (QED) is 0.925. The Morgan fingerprint density at radius 3 is 2.61 bits per heavy atom. The lowest BCUT2D eigenvalue weighted by atomic mass is 10.1. The molecule has 0 spiro atoms. The fourth-order valence-corrected chi connectivity index (χ4v) is 2.82. The molecule has 1 heterocycles. The first-order chi connectivity index (χ1) is 10.9. The van der Waals surface area contributed by atoms with E-state index in [1.54, 1.807) is 11.8 Å². The van der Waals surface area contributed by atoms with Crippen molar-refractivity contribution in [2.75, 3.05) is 32.8 Å². The number of hydrogen-bond donors (Lipinski definition) is 1. The maximum atomic E-state index is 12.2. The molecule has 1 fully saturated rings. The van der Waals surface area contributed by atoms with E-state index in [4.69, 9.17) is 4.74 Å². The molecule has 1 aliphatic rings. The Balaban J connectivity index is 1.97. The van der Waals surface area contributed by atoms with Crippen LogP contribution in [-0.2, 0) is 11.3 Å². The van der Waals surface area contributed by atoms with Crippen LogP contribution in [0.4, 0.5) is 4.79 Å². The van der Waals surface area contributed by atoms with Crippen molar-refractivity contribution in [2.45, 2.75) is 32.9 Å². The number of carbonyl (C=O) groups excluding carboxylic acids is 1. The van der Waals surface area contributed by atoms with Crippen LogP contribution < -0.4 is 0 Å². The minimum absolute atomic E-state index is 0.301. The first-order valence-electron chi connectivity index (χ1n) is 8.26. The van der Waals surface area contributed by atoms with Crippen molar-refractivity contribution in [2.24, 2.45) is 5.92 Å². The second-order valence-electron chi connectivity index (χ2n) is 7.09. The Hall–Kier alpha value is -1.59. The highest BCUT2D eigenvalue weighted by atomic mass is 16.6. The monoisotopic (exact) mass is 320 g/mol. The van der Waals surface area contributed by atoms with Gasteiger partial charge in [0.15, 0.2) is 0 Å². The second kappa shape index (κ2) is 7.79. The molecule has 0 saturated carbocycles. The minimum Gasteiger partial charge on any atom is -0.449 e. The van der Waals surface area contributed by atoms with E-state index >= 15 is 0 Å². The largest absolute Gasteiger partial charge is 0.449 e. The molecule has 1 aromatic rings. The van der Waals surface area contributed by atoms with Crippen LogP contribution >= 0.6 is 0 Å². The van der Waals surface area contributed by atoms with E-state index in [-0.39, 0.29) is 6.09 Å². The molecule has 1 atom stereocenters. The van der Waals surface area contributed by atoms with Crippen LogP contribution in [0.15, 0.2) is 30.3 Å². The number of β-amino-alcohol motifs (C(OH)–C–C–N with tert-alkyl or cyclic N) is 1. The molecule has 1 aromatic carbocycles. The first kappa shape index (κ1) is 17.8. The molecule has 0 bridgehead atoms. The van der Waals surface area contributed by atoms with Crippen LogP contribution in [0.3, 0.4) is 0 Å². The van der Waals surface area contributed by atoms with Crippen LogP contribution in [0, 0.1) is 5.92 Å². The van der Waals surface area contributed by atoms with Crippen LogP contribution in [0.1, 0.15) is 26.3 Å². The number of nitrogens with zero attached hydrogens (tertiary/aromatic N) is 2. The van der Waals surface area contributed by atoms with Crippen molar-refractivity contribution in [1.29, 1.82) is 0 Å². The minimum atomic E-state index is -0.942. The van der Waals surface area contributed by atoms with E-state index in [2.05, 4.69) is 17.0 Å². The van der Waals surface area contributed by atoms with E-state index in [9.17, 15) is 9.90 Å². The Labute approximate surface area is 138 Å². The van der Waals surface area contributed by atoms with Gasteiger partial charge in [0.05, 0.1) is 18.8 Å². The number of rotatable bonds is 4. The standard InChI is InChI=1S/C18H28N2O3/c1-15(2)12-23-17(21)20-10-9-19(13-18(3,22)14-20)11-16-7-5-4-6-8-16/h4-8,15,22H,9-14H2,1-3H3. The van der Waals surface area contributed by atoms with Gasteiger partial charge < -0.3 is 14.7 Å². The average Bonchev–Trinajstić information content (AvgIpc) is 2.63. The van der Waals surface area contributed by atoms with Gasteiger partial charge in [-0.2, -0.15) is 0 Å². The van der Waals surface area contributed by atoms with Crippen molar-refractivity contribution in [1.82, 2.24) is 9.80 Å². The Bertz CT molecular complexity index is 502. The second-order valence-corrected chi connectivity index (χ2v) is 7.09. The predicted molar refractivity (Wildman–Crippen MR) is 90.1 cm³/mol. The average molecular weight is 320 g/mol. The lowest BCUT2D eigenvalue weighted by Gasteiger charge is -2.29. The number of carbonyl (C=O) groups is 1. The SMILES string of the molecule is CC(C)COC(=O)N1CCN(Cc2ccccc2)CC(C)(O)C1. The van der Waals surface area contributed by atoms with E-state index < -0.39 is 5.60 Å². The van der Waals surface area contributed by atoms with E-state index in [1.807, 2.05) is 32.0 Å². The van der Waals surface area contributed by atoms with Crippen molar-refractivity contribution in [3.05, 3.63) is 35.9 Å². The summed E-state index contributed by atoms with van der Waals surface area (Å²) in [5, 5.41) is 10.6. The molecule has 1 amide bonds. The van der Waals surface area contributed by atoms with Gasteiger partial charge in [0.2, 0.25) is 0 Å². The maximum absolute atomic E-state index is 12.2. The molecule has 0 radical (unpaired) electrons. The first-order valence-corrected chi connectivity index (χ1v) is 8.26. The summed E-state index contributed by atoms with van der Waals surface area (Å²) in [6.45, 7) is 9.10. The van der Waals surface area contributed by atoms with Crippen LogP contribution in [-0.4, -0.2) is 59.4 Å². The van der Waals surface area contributed by atoms with Crippen molar-refractivity contribution in [3.8, 4) is 0 Å². The highest BCUT2D eigenvalue weighted by molar-refractivity contribution is 5.67. The third kappa shape index (κ3) is 5.84. The highest BCUT2D eigenvalue weighted by Crippen LogP contribution is 2.17. The van der Waals surface area contributed by atoms with Gasteiger partial charge in [-0.25, -0.2) is 4.79 Å². The summed E-state index contributed by atoms with van der Waals surface area (Å²) in [6.07, 6.45) is -0.333. The van der Waals surface area contributed by atoms with Gasteiger partial charge in [0, 0.05) is 26.2 Å². The van der Waals surface area contributed by atoms with Crippen LogP contribution in [0.2, 0.25) is 0 Å². The molecular weight excluding hydrogens is 292 g/mol. The lowest BCUT2D eigenvalue weighted by molar-refractivity contribution is 0.00899. The number of hydrogen-bond acceptors (Lipinski definition) is 4. The van der Waals surface area contributed by atoms with Gasteiger partial charge >= 0.3 is 6.09 Å². The summed E-state index contributed by atoms with van der Waals surface area (Å²) >= 11 is 0. The molecule has 2 rings (SSSR count). The molecule has 128 valence electrons. The molecule has 23 heavy (non-hydrogen) atoms. The number of ether oxygens (including phenoxy) is 1. The molecule has 5 nitrogen and oxygen atoms in total. The van der Waals surface area contributed by atoms with Crippen molar-refractivity contribution < 1.29 is 14.6 Å². The fraction of sp³-hybridized carbons (Fsp3) is 0.611. The topological polar surface area (TPSA) is 53.0 Å². The smallest absolute Gasteiger partial charge is 0.409 e. The summed E-state index contributed by atoms with van der Waals surface area (Å²) < 4.78 is 5.30. The summed E-state index contributed by atoms with van der Waals surface area (Å²) in [5.74, 6) is 0.306. The lowest BCUT2D eigenvalue weighted by Crippen LogP contribution is -2.46. The molecule has 1 aliphatic heterocycles. The summed E-state index contributed by atoms with van der Waals surface area (Å²) in [6, 6.07) is 10.2. The third-order valence-electron chi connectivity index (χ3n) is 3.83. The molecule has 0 aromatic heterocycles. The van der Waals surface area contributed by atoms with Gasteiger partial charge in [-0.3, -0.25) is 4.90 Å². The van der Waals surface area contributed by atoms with Crippen molar-refractivity contribution >= 4 is 6.09 Å². The van der Waals surface area contributed by atoms with E-state index in [0.29, 0.717) is 32.2 Å². The summed E-state index contributed by atoms with van der Waals surface area (Å²) in [7, 11) is 0. The van der Waals surface area contributed by atoms with Crippen LogP contribution in [0.25, 0.3) is 0 Å². The normalized spacial score (nSPS) is 22.9. The predicted octanol–water partition coefficient (Wildman–Crippen LogP) is 2.35. The zero-order valence-electron chi connectivity index (χ0n) is 14.4. The van der Waals surface area contributed by atoms with E-state index in [0.717, 1.165) is 13.1 Å². The number of benzene rings is 1. The molecule has 1 N–H and O–H groups in total. The van der Waals surface area contributed by atoms with Gasteiger partial charge in [0.25, 0.3) is 0 Å². The van der Waals surface area contributed by atoms with Gasteiger partial charge in [-0.15, -0.1) is 0 Å². The molecule has 1 saturated heterocycles. The number of amides is 1. The fourth-order valence-electron chi connectivity index (χ4n) is 2.82. The van der Waals surface area contributed by atoms with Crippen LogP contribution in [0.5, 0.6) is 0 Å². The molecule has 0 aliphatic carbocycles. The number of aliphatic hydroxyl groups is 1. The zero-order chi connectivity index (χ0) is 16.9. The Morgan fingerprint density at radius 1 is 1.26 bits per heavy atom. The maximum Gasteiger partial charge on any atom is 0.409 e. The molecule has 5 heteroatoms. The zero-order valence-corrected chi connectivity index (χ0v) is 14.4. The molecular formula is C18H28N2O3. The Kier molecular flexibility index (Phi) is 6.02. The highest BCUT2D eigenvalue weighted by Gasteiger charge is 2.33. The van der Waals surface area contributed by atoms with Gasteiger partial charge in [-0.1, -0.05) is 44.2 Å². The third-order valence-corrected chi connectivity index (χ3v) is 3.83. The summed E-state index contributed by atoms with van der Waals surface area (Å²) in [5.41, 5.74) is 0.265. The van der Waals surface area contributed by atoms with E-state index in [1.165, 1.54) is 5.56 Å². The molecule has 1 unspecified atom stereocenters. The van der Waals surface area contributed by atoms with Gasteiger partial charge in [-0.05, 0) is 18.4 Å². The Morgan fingerprint density at radius 2 is 1.96 bits per heavy atom. The summed E-state index contributed by atoms with van der Waals surface area (Å²) in [4.78, 5) is 16.0. The van der Waals surface area contributed by atoms with Crippen molar-refractivity contribution in [3.63, 3.8) is 0 Å². The van der Waals surface area contributed by atoms with Gasteiger partial charge in [0.1, 0.15) is 0 Å².